The summed E-state index contributed by atoms with van der Waals surface area (Å²) in [5.41, 5.74) is 19.2. The summed E-state index contributed by atoms with van der Waals surface area (Å²) < 4.78 is 13.7. The molecule has 4 aromatic heterocycles. The Morgan fingerprint density at radius 2 is 0.464 bits per heavy atom. The van der Waals surface area contributed by atoms with Crippen LogP contribution >= 0.6 is 0 Å². The Kier molecular flexibility index (Phi) is 14.5. The van der Waals surface area contributed by atoms with E-state index >= 15 is 0 Å². The number of fused-ring (bicyclic) bond motifs is 16. The van der Waals surface area contributed by atoms with Crippen molar-refractivity contribution in [1.29, 1.82) is 0 Å². The number of hydrogen-bond acceptors (Lipinski definition) is 8. The molecule has 0 amide bonds. The van der Waals surface area contributed by atoms with Crippen molar-refractivity contribution in [2.75, 3.05) is 0 Å². The zero-order valence-electron chi connectivity index (χ0n) is 59.1. The van der Waals surface area contributed by atoms with Gasteiger partial charge in [0.05, 0.1) is 0 Å². The number of nitrogens with zero attached hydrogens (tertiary/aromatic N) is 6. The fourth-order valence-corrected chi connectivity index (χ4v) is 16.7. The highest BCUT2D eigenvalue weighted by Gasteiger charge is 2.25. The Bertz CT molecular complexity index is 7490. The van der Waals surface area contributed by atoms with Gasteiger partial charge in [0, 0.05) is 66.1 Å². The molecule has 0 radical (unpaired) electrons. The van der Waals surface area contributed by atoms with Crippen molar-refractivity contribution in [3.63, 3.8) is 0 Å². The lowest BCUT2D eigenvalue weighted by atomic mass is 9.88. The van der Waals surface area contributed by atoms with E-state index in [1.165, 1.54) is 64.8 Å². The lowest BCUT2D eigenvalue weighted by Gasteiger charge is -2.15. The zero-order valence-corrected chi connectivity index (χ0v) is 59.1. The van der Waals surface area contributed by atoms with Gasteiger partial charge in [-0.2, -0.15) is 0 Å². The van der Waals surface area contributed by atoms with Gasteiger partial charge in [0.25, 0.3) is 0 Å². The van der Waals surface area contributed by atoms with Gasteiger partial charge in [-0.25, -0.2) is 29.9 Å². The first kappa shape index (κ1) is 62.5. The third-order valence-corrected chi connectivity index (χ3v) is 22.0. The molecular weight excluding hydrogens is 1340 g/mol. The summed E-state index contributed by atoms with van der Waals surface area (Å²) in [7, 11) is 0. The van der Waals surface area contributed by atoms with E-state index in [1.807, 2.05) is 78.9 Å². The van der Waals surface area contributed by atoms with Gasteiger partial charge in [-0.05, 0) is 164 Å². The van der Waals surface area contributed by atoms with E-state index in [1.54, 1.807) is 0 Å². The van der Waals surface area contributed by atoms with Crippen LogP contribution in [0.4, 0.5) is 0 Å². The molecular formula is C102H60N6O2. The van der Waals surface area contributed by atoms with Crippen LogP contribution in [0.25, 0.3) is 232 Å². The predicted octanol–water partition coefficient (Wildman–Crippen LogP) is 27.1. The molecule has 8 nitrogen and oxygen atoms in total. The maximum absolute atomic E-state index is 6.96. The van der Waals surface area contributed by atoms with Crippen molar-refractivity contribution in [1.82, 2.24) is 29.9 Å². The normalized spacial score (nSPS) is 11.8. The molecule has 0 fully saturated rings. The van der Waals surface area contributed by atoms with Gasteiger partial charge in [-0.15, -0.1) is 0 Å². The van der Waals surface area contributed by atoms with Gasteiger partial charge >= 0.3 is 0 Å². The molecule has 0 bridgehead atoms. The van der Waals surface area contributed by atoms with Gasteiger partial charge in [-0.1, -0.05) is 309 Å². The van der Waals surface area contributed by atoms with Gasteiger partial charge < -0.3 is 8.83 Å². The molecule has 0 aliphatic carbocycles. The Labute approximate surface area is 631 Å². The summed E-state index contributed by atoms with van der Waals surface area (Å²) in [6, 6.07) is 129. The Balaban J connectivity index is 0.612. The van der Waals surface area contributed by atoms with Crippen LogP contribution in [0, 0.1) is 0 Å². The summed E-state index contributed by atoms with van der Waals surface area (Å²) in [5, 5.41) is 18.3. The van der Waals surface area contributed by atoms with Gasteiger partial charge in [0.15, 0.2) is 34.9 Å². The molecule has 0 aliphatic rings. The highest BCUT2D eigenvalue weighted by atomic mass is 16.3. The molecule has 0 N–H and O–H groups in total. The molecule has 510 valence electrons. The molecule has 0 unspecified atom stereocenters. The minimum atomic E-state index is 0.557. The second kappa shape index (κ2) is 25.4. The molecule has 18 aromatic carbocycles. The molecule has 0 spiro atoms. The van der Waals surface area contributed by atoms with Crippen LogP contribution in [0.2, 0.25) is 0 Å². The average molecular weight is 1400 g/mol. The lowest BCUT2D eigenvalue weighted by molar-refractivity contribution is 0.669. The highest BCUT2D eigenvalue weighted by Crippen LogP contribution is 2.47. The third-order valence-electron chi connectivity index (χ3n) is 22.0. The molecule has 0 aliphatic heterocycles. The first-order valence-corrected chi connectivity index (χ1v) is 37.1. The number of rotatable bonds is 11. The molecule has 110 heavy (non-hydrogen) atoms. The minimum Gasteiger partial charge on any atom is -0.455 e. The van der Waals surface area contributed by atoms with Crippen molar-refractivity contribution in [2.45, 2.75) is 0 Å². The number of furan rings is 2. The smallest absolute Gasteiger partial charge is 0.164 e. The summed E-state index contributed by atoms with van der Waals surface area (Å²) in [6.45, 7) is 0. The molecule has 22 rings (SSSR count). The molecule has 0 atom stereocenters. The van der Waals surface area contributed by atoms with Crippen LogP contribution in [0.5, 0.6) is 0 Å². The maximum Gasteiger partial charge on any atom is 0.164 e. The van der Waals surface area contributed by atoms with Crippen LogP contribution in [0.15, 0.2) is 373 Å². The van der Waals surface area contributed by atoms with Crippen molar-refractivity contribution in [2.24, 2.45) is 0 Å². The van der Waals surface area contributed by atoms with E-state index in [2.05, 4.69) is 285 Å². The van der Waals surface area contributed by atoms with E-state index in [4.69, 9.17) is 38.7 Å². The van der Waals surface area contributed by atoms with E-state index in [9.17, 15) is 0 Å². The number of hydrogen-bond donors (Lipinski definition) is 0. The second-order valence-electron chi connectivity index (χ2n) is 28.3. The first-order chi connectivity index (χ1) is 54.5. The molecule has 0 saturated heterocycles. The fraction of sp³-hybridized carbons (Fsp3) is 0. The first-order valence-electron chi connectivity index (χ1n) is 37.1. The Morgan fingerprint density at radius 1 is 0.155 bits per heavy atom. The Hall–Kier alpha value is -14.9. The molecule has 8 heteroatoms. The van der Waals surface area contributed by atoms with Gasteiger partial charge in [-0.3, -0.25) is 0 Å². The van der Waals surface area contributed by atoms with Crippen molar-refractivity contribution < 1.29 is 8.83 Å². The number of benzene rings is 18. The van der Waals surface area contributed by atoms with Crippen LogP contribution in [0.3, 0.4) is 0 Å². The highest BCUT2D eigenvalue weighted by molar-refractivity contribution is 6.25. The standard InChI is InChI=1S/C102H60N6O2/c1-4-20-62(21-5-1)78-54-56-84(93-82-32-16-18-34-89(82)109-95(78)93)101-105-97(68-24-6-2-7-25-68)103-100(107-101)71-46-42-67(43-47-71)88-60-74-49-48-72(58-86(74)81-53-51-64-23-11-15-31-77(64)92(81)88)61-36-38-65(39-37-61)79-55-57-85(94-83-33-17-19-35-90(83)110-96(79)94)102-106-98(69-26-8-3-9-27-69)104-99(108-102)70-44-40-66(41-45-70)87-59-73-28-12-13-29-75(73)80-52-50-63-22-10-14-30-76(63)91(80)87/h1-60H. The lowest BCUT2D eigenvalue weighted by Crippen LogP contribution is -2.00. The molecule has 4 heterocycles. The topological polar surface area (TPSA) is 104 Å². The third kappa shape index (κ3) is 10.4. The van der Waals surface area contributed by atoms with E-state index in [0.717, 1.165) is 133 Å². The second-order valence-corrected chi connectivity index (χ2v) is 28.3. The largest absolute Gasteiger partial charge is 0.455 e. The van der Waals surface area contributed by atoms with Crippen LogP contribution in [-0.2, 0) is 0 Å². The minimum absolute atomic E-state index is 0.557. The Morgan fingerprint density at radius 3 is 0.936 bits per heavy atom. The van der Waals surface area contributed by atoms with Crippen LogP contribution in [0.1, 0.15) is 0 Å². The van der Waals surface area contributed by atoms with Crippen LogP contribution in [-0.4, -0.2) is 29.9 Å². The quantitative estimate of drug-likeness (QED) is 0.118. The molecule has 22 aromatic rings. The SMILES string of the molecule is c1ccc(-c2nc(-c3ccc(-c4cc5ccc(-c6ccc(-c7ccc(-c8nc(-c9ccccc9)nc(-c9ccc(-c%10cc%11ccccc%11c%11ccc%12ccccc%12c%10%11)cc9)n8)c8c7oc7ccccc78)cc6)cc5c5ccc6ccccc6c45)cc3)nc(-c3ccc(-c4ccccc4)c4oc5ccccc5c34)n2)cc1. The van der Waals surface area contributed by atoms with Gasteiger partial charge in [0.1, 0.15) is 22.3 Å². The summed E-state index contributed by atoms with van der Waals surface area (Å²) in [4.78, 5) is 31.7. The van der Waals surface area contributed by atoms with Crippen molar-refractivity contribution in [3.8, 4) is 124 Å². The van der Waals surface area contributed by atoms with Crippen LogP contribution < -0.4 is 0 Å². The number of aromatic nitrogens is 6. The molecule has 0 saturated carbocycles. The maximum atomic E-state index is 6.96. The predicted molar refractivity (Wildman–Crippen MR) is 453 cm³/mol. The fourth-order valence-electron chi connectivity index (χ4n) is 16.7. The monoisotopic (exact) mass is 1400 g/mol. The van der Waals surface area contributed by atoms with E-state index in [0.29, 0.717) is 34.9 Å². The zero-order chi connectivity index (χ0) is 72.3. The van der Waals surface area contributed by atoms with E-state index < -0.39 is 0 Å². The van der Waals surface area contributed by atoms with Crippen molar-refractivity contribution >= 4 is 109 Å². The van der Waals surface area contributed by atoms with Gasteiger partial charge in [0.2, 0.25) is 0 Å². The summed E-state index contributed by atoms with van der Waals surface area (Å²) in [5.74, 6) is 3.45. The number of para-hydroxylation sites is 2. The van der Waals surface area contributed by atoms with E-state index in [-0.39, 0.29) is 0 Å². The summed E-state index contributed by atoms with van der Waals surface area (Å²) in [6.07, 6.45) is 0. The summed E-state index contributed by atoms with van der Waals surface area (Å²) >= 11 is 0. The van der Waals surface area contributed by atoms with Crippen molar-refractivity contribution in [3.05, 3.63) is 364 Å². The average Bonchev–Trinajstić information content (AvgIpc) is 1.21.